The number of rotatable bonds is 4. The molecule has 0 bridgehead atoms. The van der Waals surface area contributed by atoms with Crippen molar-refractivity contribution in [1.82, 2.24) is 9.88 Å². The summed E-state index contributed by atoms with van der Waals surface area (Å²) in [7, 11) is 0. The second-order valence-corrected chi connectivity index (χ2v) is 5.64. The van der Waals surface area contributed by atoms with Gasteiger partial charge in [-0.2, -0.15) is 0 Å². The molecule has 23 heavy (non-hydrogen) atoms. The van der Waals surface area contributed by atoms with Crippen LogP contribution in [0.1, 0.15) is 19.3 Å². The normalized spacial score (nSPS) is 17.6. The predicted octanol–water partition coefficient (Wildman–Crippen LogP) is 3.55. The minimum Gasteiger partial charge on any atom is -0.490 e. The van der Waals surface area contributed by atoms with E-state index in [1.54, 1.807) is 12.4 Å². The van der Waals surface area contributed by atoms with E-state index < -0.39 is 0 Å². The van der Waals surface area contributed by atoms with E-state index in [-0.39, 0.29) is 12.1 Å². The molecule has 0 saturated carbocycles. The van der Waals surface area contributed by atoms with Crippen LogP contribution in [0.25, 0.3) is 0 Å². The summed E-state index contributed by atoms with van der Waals surface area (Å²) in [4.78, 5) is 18.5. The Morgan fingerprint density at radius 2 is 2.09 bits per heavy atom. The molecule has 1 aliphatic heterocycles. The lowest BCUT2D eigenvalue weighted by Gasteiger charge is -2.35. The highest BCUT2D eigenvalue weighted by Crippen LogP contribution is 2.20. The topological polar surface area (TPSA) is 54.5 Å². The summed E-state index contributed by atoms with van der Waals surface area (Å²) in [6.07, 6.45) is 6.52. The highest BCUT2D eigenvalue weighted by Gasteiger charge is 2.27. The van der Waals surface area contributed by atoms with Crippen LogP contribution in [0.2, 0.25) is 0 Å². The van der Waals surface area contributed by atoms with Crippen molar-refractivity contribution in [2.75, 3.05) is 18.5 Å². The summed E-state index contributed by atoms with van der Waals surface area (Å²) in [5.41, 5.74) is 0.815. The maximum Gasteiger partial charge on any atom is 0.322 e. The third kappa shape index (κ3) is 4.22. The molecule has 1 unspecified atom stereocenters. The highest BCUT2D eigenvalue weighted by atomic mass is 16.5. The van der Waals surface area contributed by atoms with Crippen molar-refractivity contribution < 1.29 is 9.53 Å². The Labute approximate surface area is 136 Å². The molecule has 1 atom stereocenters. The fraction of sp³-hybridized carbons (Fsp3) is 0.333. The number of hydrogen-bond donors (Lipinski definition) is 1. The number of hydrogen-bond acceptors (Lipinski definition) is 3. The maximum absolute atomic E-state index is 12.5. The van der Waals surface area contributed by atoms with E-state index in [9.17, 15) is 4.79 Å². The fourth-order valence-corrected chi connectivity index (χ4v) is 2.78. The van der Waals surface area contributed by atoms with Gasteiger partial charge in [-0.1, -0.05) is 18.2 Å². The van der Waals surface area contributed by atoms with Gasteiger partial charge in [0.2, 0.25) is 0 Å². The summed E-state index contributed by atoms with van der Waals surface area (Å²) in [6, 6.07) is 13.3. The number of piperidine rings is 1. The van der Waals surface area contributed by atoms with Gasteiger partial charge in [0.1, 0.15) is 12.4 Å². The first-order valence-electron chi connectivity index (χ1n) is 7.98. The second-order valence-electron chi connectivity index (χ2n) is 5.64. The van der Waals surface area contributed by atoms with Gasteiger partial charge in [-0.25, -0.2) is 4.79 Å². The van der Waals surface area contributed by atoms with E-state index in [0.29, 0.717) is 6.61 Å². The number of para-hydroxylation sites is 1. The lowest BCUT2D eigenvalue weighted by atomic mass is 10.0. The van der Waals surface area contributed by atoms with Crippen LogP contribution in [0.4, 0.5) is 10.5 Å². The number of likely N-dealkylation sites (tertiary alicyclic amines) is 1. The van der Waals surface area contributed by atoms with Gasteiger partial charge >= 0.3 is 6.03 Å². The van der Waals surface area contributed by atoms with Crippen LogP contribution in [0.5, 0.6) is 5.75 Å². The molecule has 1 saturated heterocycles. The lowest BCUT2D eigenvalue weighted by molar-refractivity contribution is 0.124. The number of carbonyl (C=O) groups excluding carboxylic acids is 1. The van der Waals surface area contributed by atoms with Crippen LogP contribution in [0.15, 0.2) is 54.9 Å². The van der Waals surface area contributed by atoms with E-state index in [1.165, 1.54) is 0 Å². The van der Waals surface area contributed by atoms with Gasteiger partial charge < -0.3 is 15.0 Å². The number of benzene rings is 1. The molecule has 2 heterocycles. The molecule has 2 aromatic rings. The molecular formula is C18H21N3O2. The minimum absolute atomic E-state index is 0.0595. The number of anilines is 1. The molecule has 0 spiro atoms. The van der Waals surface area contributed by atoms with Crippen LogP contribution in [0, 0.1) is 0 Å². The van der Waals surface area contributed by atoms with Crippen LogP contribution < -0.4 is 10.1 Å². The number of nitrogens with one attached hydrogen (secondary N) is 1. The first-order valence-corrected chi connectivity index (χ1v) is 7.98. The molecular weight excluding hydrogens is 290 g/mol. The molecule has 1 aliphatic rings. The molecule has 1 aromatic carbocycles. The SMILES string of the molecule is O=C(Nc1ccccc1)N1CCCCC1COc1cccnc1. The van der Waals surface area contributed by atoms with Crippen molar-refractivity contribution >= 4 is 11.7 Å². The summed E-state index contributed by atoms with van der Waals surface area (Å²) in [5, 5.41) is 2.96. The van der Waals surface area contributed by atoms with Gasteiger partial charge in [-0.05, 0) is 43.5 Å². The zero-order valence-electron chi connectivity index (χ0n) is 13.0. The first-order chi connectivity index (χ1) is 11.3. The van der Waals surface area contributed by atoms with Crippen LogP contribution in [-0.2, 0) is 0 Å². The molecule has 3 rings (SSSR count). The Hall–Kier alpha value is -2.56. The molecule has 2 amide bonds. The van der Waals surface area contributed by atoms with Crippen LogP contribution in [0.3, 0.4) is 0 Å². The summed E-state index contributed by atoms with van der Waals surface area (Å²) in [6.45, 7) is 1.26. The predicted molar refractivity (Wildman–Crippen MR) is 89.5 cm³/mol. The molecule has 0 radical (unpaired) electrons. The van der Waals surface area contributed by atoms with E-state index in [1.807, 2.05) is 47.4 Å². The van der Waals surface area contributed by atoms with Crippen molar-refractivity contribution in [3.05, 3.63) is 54.9 Å². The Morgan fingerprint density at radius 3 is 2.87 bits per heavy atom. The minimum atomic E-state index is -0.0595. The smallest absolute Gasteiger partial charge is 0.322 e. The number of ether oxygens (including phenoxy) is 1. The Balaban J connectivity index is 1.60. The second kappa shape index (κ2) is 7.63. The monoisotopic (exact) mass is 311 g/mol. The number of aromatic nitrogens is 1. The van der Waals surface area contributed by atoms with Crippen molar-refractivity contribution in [2.45, 2.75) is 25.3 Å². The van der Waals surface area contributed by atoms with Crippen LogP contribution in [-0.4, -0.2) is 35.1 Å². The van der Waals surface area contributed by atoms with E-state index in [2.05, 4.69) is 10.3 Å². The highest BCUT2D eigenvalue weighted by molar-refractivity contribution is 5.89. The summed E-state index contributed by atoms with van der Waals surface area (Å²) >= 11 is 0. The van der Waals surface area contributed by atoms with Crippen molar-refractivity contribution in [1.29, 1.82) is 0 Å². The van der Waals surface area contributed by atoms with Gasteiger partial charge in [0.05, 0.1) is 12.2 Å². The average Bonchev–Trinajstić information content (AvgIpc) is 2.62. The summed E-state index contributed by atoms with van der Waals surface area (Å²) < 4.78 is 5.79. The number of nitrogens with zero attached hydrogens (tertiary/aromatic N) is 2. The van der Waals surface area contributed by atoms with Crippen LogP contribution >= 0.6 is 0 Å². The van der Waals surface area contributed by atoms with Crippen molar-refractivity contribution in [3.8, 4) is 5.75 Å². The fourth-order valence-electron chi connectivity index (χ4n) is 2.78. The van der Waals surface area contributed by atoms with Gasteiger partial charge in [0, 0.05) is 18.4 Å². The lowest BCUT2D eigenvalue weighted by Crippen LogP contribution is -2.48. The molecule has 0 aliphatic carbocycles. The zero-order chi connectivity index (χ0) is 15.9. The summed E-state index contributed by atoms with van der Waals surface area (Å²) in [5.74, 6) is 0.737. The number of carbonyl (C=O) groups is 1. The Morgan fingerprint density at radius 1 is 1.22 bits per heavy atom. The number of amides is 2. The van der Waals surface area contributed by atoms with Gasteiger partial charge in [0.25, 0.3) is 0 Å². The van der Waals surface area contributed by atoms with E-state index in [0.717, 1.165) is 37.2 Å². The number of urea groups is 1. The maximum atomic E-state index is 12.5. The standard InChI is InChI=1S/C18H21N3O2/c22-18(20-15-7-2-1-3-8-15)21-12-5-4-9-16(21)14-23-17-10-6-11-19-13-17/h1-3,6-8,10-11,13,16H,4-5,9,12,14H2,(H,20,22). The molecule has 1 N–H and O–H groups in total. The van der Waals surface area contributed by atoms with E-state index >= 15 is 0 Å². The van der Waals surface area contributed by atoms with E-state index in [4.69, 9.17) is 4.74 Å². The largest absolute Gasteiger partial charge is 0.490 e. The number of pyridine rings is 1. The zero-order valence-corrected chi connectivity index (χ0v) is 13.0. The third-order valence-corrected chi connectivity index (χ3v) is 3.99. The molecule has 1 aromatic heterocycles. The van der Waals surface area contributed by atoms with Gasteiger partial charge in [0.15, 0.2) is 0 Å². The molecule has 120 valence electrons. The first kappa shape index (κ1) is 15.3. The van der Waals surface area contributed by atoms with Crippen molar-refractivity contribution in [3.63, 3.8) is 0 Å². The molecule has 1 fully saturated rings. The van der Waals surface area contributed by atoms with Gasteiger partial charge in [-0.15, -0.1) is 0 Å². The van der Waals surface area contributed by atoms with Crippen molar-refractivity contribution in [2.24, 2.45) is 0 Å². The Kier molecular flexibility index (Phi) is 5.09. The Bertz CT molecular complexity index is 619. The molecule has 5 heteroatoms. The quantitative estimate of drug-likeness (QED) is 0.939. The molecule has 5 nitrogen and oxygen atoms in total. The average molecular weight is 311 g/mol. The van der Waals surface area contributed by atoms with Gasteiger partial charge in [-0.3, -0.25) is 4.98 Å². The third-order valence-electron chi connectivity index (χ3n) is 3.99.